The van der Waals surface area contributed by atoms with Gasteiger partial charge in [0.1, 0.15) is 0 Å². The summed E-state index contributed by atoms with van der Waals surface area (Å²) in [5.74, 6) is 2.16. The van der Waals surface area contributed by atoms with Crippen LogP contribution in [0.5, 0.6) is 0 Å². The van der Waals surface area contributed by atoms with E-state index in [-0.39, 0.29) is 23.4 Å². The Hall–Kier alpha value is 0.544. The maximum atomic E-state index is 6.39. The fourth-order valence-corrected chi connectivity index (χ4v) is 12.7. The highest BCUT2D eigenvalue weighted by molar-refractivity contribution is 7.99. The molecular weight excluding hydrogens is 448 g/mol. The molecule has 2 heterocycles. The summed E-state index contributed by atoms with van der Waals surface area (Å²) in [6.07, 6.45) is 4.30. The van der Waals surface area contributed by atoms with E-state index in [9.17, 15) is 0 Å². The third-order valence-corrected chi connectivity index (χ3v) is 13.2. The van der Waals surface area contributed by atoms with Gasteiger partial charge >= 0.3 is 17.6 Å². The van der Waals surface area contributed by atoms with Crippen LogP contribution in [0.15, 0.2) is 0 Å². The van der Waals surface area contributed by atoms with Gasteiger partial charge in [0.15, 0.2) is 0 Å². The maximum Gasteiger partial charge on any atom is 0.501 e. The second-order valence-corrected chi connectivity index (χ2v) is 16.5. The van der Waals surface area contributed by atoms with Crippen LogP contribution in [0.3, 0.4) is 0 Å². The molecule has 6 nitrogen and oxygen atoms in total. The summed E-state index contributed by atoms with van der Waals surface area (Å²) in [5, 5.41) is 0. The van der Waals surface area contributed by atoms with Crippen molar-refractivity contribution in [1.29, 1.82) is 0 Å². The molecular formula is C22H46O6SSi2. The van der Waals surface area contributed by atoms with E-state index < -0.39 is 17.6 Å². The summed E-state index contributed by atoms with van der Waals surface area (Å²) in [6, 6.07) is 1.77. The van der Waals surface area contributed by atoms with E-state index in [4.69, 9.17) is 26.6 Å². The normalized spacial score (nSPS) is 35.2. The smallest absolute Gasteiger partial charge is 0.374 e. The van der Waals surface area contributed by atoms with E-state index in [0.29, 0.717) is 13.2 Å². The Morgan fingerprint density at radius 1 is 0.774 bits per heavy atom. The van der Waals surface area contributed by atoms with Crippen molar-refractivity contribution in [3.05, 3.63) is 0 Å². The summed E-state index contributed by atoms with van der Waals surface area (Å²) in [5.41, 5.74) is -0.343. The van der Waals surface area contributed by atoms with E-state index in [1.54, 1.807) is 0 Å². The largest absolute Gasteiger partial charge is 0.501 e. The molecule has 4 atom stereocenters. The third kappa shape index (κ3) is 9.01. The van der Waals surface area contributed by atoms with Crippen molar-refractivity contribution in [2.45, 2.75) is 117 Å². The molecule has 31 heavy (non-hydrogen) atoms. The highest BCUT2D eigenvalue weighted by Gasteiger charge is 2.51. The molecule has 0 aromatic carbocycles. The van der Waals surface area contributed by atoms with Crippen LogP contribution in [0.25, 0.3) is 0 Å². The lowest BCUT2D eigenvalue weighted by atomic mass is 10.0. The lowest BCUT2D eigenvalue weighted by molar-refractivity contribution is -0.0906. The van der Waals surface area contributed by atoms with Crippen molar-refractivity contribution in [3.8, 4) is 0 Å². The minimum atomic E-state index is -2.59. The Morgan fingerprint density at radius 2 is 1.16 bits per heavy atom. The maximum absolute atomic E-state index is 6.39. The topological polar surface area (TPSA) is 55.4 Å². The lowest BCUT2D eigenvalue weighted by Gasteiger charge is -2.45. The molecule has 184 valence electrons. The molecule has 0 aliphatic carbocycles. The number of hydrogen-bond acceptors (Lipinski definition) is 7. The average Bonchev–Trinajstić information content (AvgIpc) is 2.57. The van der Waals surface area contributed by atoms with Crippen LogP contribution in [-0.4, -0.2) is 65.7 Å². The molecule has 2 fully saturated rings. The standard InChI is InChI=1S/C22H46O6SSi2/c1-9-23-30(25-19(3)17-21(5,6)27-30)15-11-13-29-14-12-16-31(24-10-2)26-20(4)18-22(7,8)28-31/h19-20H,9-18H2,1-8H3. The first-order chi connectivity index (χ1) is 14.4. The SMILES string of the molecule is CCO[Si]1(CCCSCCC[Si]2(OCC)OC(C)CC(C)(C)O2)OC(C)CC(C)(C)O1. The van der Waals surface area contributed by atoms with Gasteiger partial charge in [0.05, 0.1) is 11.2 Å². The predicted molar refractivity (Wildman–Crippen MR) is 132 cm³/mol. The van der Waals surface area contributed by atoms with Gasteiger partial charge < -0.3 is 26.6 Å². The van der Waals surface area contributed by atoms with Gasteiger partial charge in [-0.05, 0) is 92.6 Å². The Bertz CT molecular complexity index is 506. The first-order valence-electron chi connectivity index (χ1n) is 12.1. The predicted octanol–water partition coefficient (Wildman–Crippen LogP) is 5.66. The van der Waals surface area contributed by atoms with E-state index in [0.717, 1.165) is 49.3 Å². The molecule has 2 aliphatic rings. The number of rotatable bonds is 12. The second kappa shape index (κ2) is 11.8. The molecule has 2 aliphatic heterocycles. The molecule has 2 rings (SSSR count). The van der Waals surface area contributed by atoms with Crippen LogP contribution in [0, 0.1) is 0 Å². The van der Waals surface area contributed by atoms with E-state index in [2.05, 4.69) is 41.5 Å². The van der Waals surface area contributed by atoms with Crippen molar-refractivity contribution in [2.24, 2.45) is 0 Å². The Kier molecular flexibility index (Phi) is 10.6. The minimum Gasteiger partial charge on any atom is -0.374 e. The van der Waals surface area contributed by atoms with Crippen molar-refractivity contribution in [2.75, 3.05) is 24.7 Å². The van der Waals surface area contributed by atoms with E-state index in [1.165, 1.54) is 0 Å². The Balaban J connectivity index is 1.75. The Labute approximate surface area is 197 Å². The summed E-state index contributed by atoms with van der Waals surface area (Å²) < 4.78 is 37.5. The van der Waals surface area contributed by atoms with Crippen LogP contribution in [0.1, 0.15) is 81.1 Å². The molecule has 0 aromatic rings. The second-order valence-electron chi connectivity index (χ2n) is 10.0. The molecule has 0 aromatic heterocycles. The fraction of sp³-hybridized carbons (Fsp3) is 1.00. The zero-order chi connectivity index (χ0) is 23.2. The molecule has 0 bridgehead atoms. The van der Waals surface area contributed by atoms with E-state index >= 15 is 0 Å². The lowest BCUT2D eigenvalue weighted by Crippen LogP contribution is -2.58. The van der Waals surface area contributed by atoms with Crippen LogP contribution < -0.4 is 0 Å². The van der Waals surface area contributed by atoms with Crippen LogP contribution >= 0.6 is 11.8 Å². The van der Waals surface area contributed by atoms with Crippen molar-refractivity contribution in [3.63, 3.8) is 0 Å². The summed E-state index contributed by atoms with van der Waals surface area (Å²) in [7, 11) is -5.18. The first kappa shape index (κ1) is 27.8. The molecule has 0 radical (unpaired) electrons. The minimum absolute atomic E-state index is 0.171. The van der Waals surface area contributed by atoms with E-state index in [1.807, 2.05) is 25.6 Å². The molecule has 0 N–H and O–H groups in total. The van der Waals surface area contributed by atoms with Gasteiger partial charge in [-0.3, -0.25) is 0 Å². The fourth-order valence-electron chi connectivity index (χ4n) is 4.87. The van der Waals surface area contributed by atoms with Crippen molar-refractivity contribution >= 4 is 29.4 Å². The number of thioether (sulfide) groups is 1. The van der Waals surface area contributed by atoms with Gasteiger partial charge in [-0.1, -0.05) is 0 Å². The van der Waals surface area contributed by atoms with Gasteiger partial charge in [-0.25, -0.2) is 0 Å². The van der Waals surface area contributed by atoms with Crippen molar-refractivity contribution < 1.29 is 26.6 Å². The quantitative estimate of drug-likeness (QED) is 0.256. The molecule has 4 unspecified atom stereocenters. The highest BCUT2D eigenvalue weighted by Crippen LogP contribution is 2.36. The van der Waals surface area contributed by atoms with Crippen molar-refractivity contribution in [1.82, 2.24) is 0 Å². The van der Waals surface area contributed by atoms with Crippen LogP contribution in [0.4, 0.5) is 0 Å². The molecule has 0 saturated carbocycles. The summed E-state index contributed by atoms with van der Waals surface area (Å²) in [6.45, 7) is 18.2. The molecule has 9 heteroatoms. The van der Waals surface area contributed by atoms with Gasteiger partial charge in [0.25, 0.3) is 0 Å². The third-order valence-electron chi connectivity index (χ3n) is 5.45. The monoisotopic (exact) mass is 494 g/mol. The van der Waals surface area contributed by atoms with Gasteiger partial charge in [0, 0.05) is 37.5 Å². The van der Waals surface area contributed by atoms with Gasteiger partial charge in [0.2, 0.25) is 0 Å². The van der Waals surface area contributed by atoms with Crippen LogP contribution in [0.2, 0.25) is 12.1 Å². The number of hydrogen-bond donors (Lipinski definition) is 0. The average molecular weight is 495 g/mol. The molecule has 0 amide bonds. The summed E-state index contributed by atoms with van der Waals surface area (Å²) >= 11 is 1.98. The summed E-state index contributed by atoms with van der Waals surface area (Å²) in [4.78, 5) is 0. The zero-order valence-electron chi connectivity index (χ0n) is 21.1. The molecule has 2 saturated heterocycles. The van der Waals surface area contributed by atoms with Crippen LogP contribution in [-0.2, 0) is 26.6 Å². The van der Waals surface area contributed by atoms with Gasteiger partial charge in [-0.2, -0.15) is 11.8 Å². The highest BCUT2D eigenvalue weighted by atomic mass is 32.2. The van der Waals surface area contributed by atoms with Gasteiger partial charge in [-0.15, -0.1) is 0 Å². The molecule has 0 spiro atoms. The zero-order valence-corrected chi connectivity index (χ0v) is 23.9. The first-order valence-corrected chi connectivity index (χ1v) is 17.1. The Morgan fingerprint density at radius 3 is 1.48 bits per heavy atom.